The molecule has 0 saturated carbocycles. The molecule has 1 aromatic carbocycles. The van der Waals surface area contributed by atoms with Gasteiger partial charge in [-0.3, -0.25) is 4.90 Å². The fraction of sp³-hybridized carbons (Fsp3) is 0.500. The van der Waals surface area contributed by atoms with Crippen LogP contribution in [0.4, 0.5) is 21.0 Å². The van der Waals surface area contributed by atoms with Gasteiger partial charge < -0.3 is 40.0 Å². The molecule has 4 amide bonds. The summed E-state index contributed by atoms with van der Waals surface area (Å²) in [5.74, 6) is 1.81. The van der Waals surface area contributed by atoms with E-state index in [-0.39, 0.29) is 12.1 Å². The molecule has 5 rings (SSSR count). The van der Waals surface area contributed by atoms with Crippen LogP contribution in [0.25, 0.3) is 0 Å². The summed E-state index contributed by atoms with van der Waals surface area (Å²) in [7, 11) is 4.83. The van der Waals surface area contributed by atoms with Gasteiger partial charge in [-0.15, -0.1) is 0 Å². The summed E-state index contributed by atoms with van der Waals surface area (Å²) in [5, 5.41) is 9.10. The number of benzene rings is 1. The first kappa shape index (κ1) is 37.2. The van der Waals surface area contributed by atoms with Crippen LogP contribution in [-0.2, 0) is 19.4 Å². The van der Waals surface area contributed by atoms with Crippen molar-refractivity contribution in [3.8, 4) is 17.5 Å². The number of hydrogen-bond acceptors (Lipinski definition) is 9. The molecule has 0 aliphatic carbocycles. The number of urea groups is 2. The van der Waals surface area contributed by atoms with Crippen LogP contribution in [0.5, 0.6) is 17.5 Å². The zero-order chi connectivity index (χ0) is 35.3. The van der Waals surface area contributed by atoms with Crippen molar-refractivity contribution in [1.29, 1.82) is 0 Å². The Bertz CT molecular complexity index is 1550. The molecule has 49 heavy (non-hydrogen) atoms. The second-order valence-corrected chi connectivity index (χ2v) is 12.0. The number of pyridine rings is 2. The molecule has 13 heteroatoms. The summed E-state index contributed by atoms with van der Waals surface area (Å²) in [5.41, 5.74) is 6.49. The summed E-state index contributed by atoms with van der Waals surface area (Å²) in [4.78, 5) is 39.8. The number of para-hydroxylation sites is 1. The molecule has 2 fully saturated rings. The molecule has 4 heterocycles. The molecule has 13 nitrogen and oxygen atoms in total. The number of nitrogens with one attached hydrogen (secondary N) is 3. The van der Waals surface area contributed by atoms with Crippen LogP contribution < -0.4 is 30.2 Å². The topological polar surface area (TPSA) is 133 Å². The fourth-order valence-electron chi connectivity index (χ4n) is 5.90. The van der Waals surface area contributed by atoms with Crippen molar-refractivity contribution in [1.82, 2.24) is 30.0 Å². The van der Waals surface area contributed by atoms with E-state index in [2.05, 4.69) is 50.7 Å². The van der Waals surface area contributed by atoms with Gasteiger partial charge in [-0.25, -0.2) is 19.6 Å². The minimum atomic E-state index is -0.118. The summed E-state index contributed by atoms with van der Waals surface area (Å²) >= 11 is 0. The molecule has 0 radical (unpaired) electrons. The summed E-state index contributed by atoms with van der Waals surface area (Å²) in [6, 6.07) is 11.7. The van der Waals surface area contributed by atoms with Crippen molar-refractivity contribution >= 4 is 23.4 Å². The Labute approximate surface area is 290 Å². The van der Waals surface area contributed by atoms with Crippen molar-refractivity contribution in [2.45, 2.75) is 47.1 Å². The highest BCUT2D eigenvalue weighted by Crippen LogP contribution is 2.27. The number of rotatable bonds is 9. The lowest BCUT2D eigenvalue weighted by Gasteiger charge is -2.35. The highest BCUT2D eigenvalue weighted by Gasteiger charge is 2.23. The maximum atomic E-state index is 12.8. The normalized spacial score (nSPS) is 14.8. The van der Waals surface area contributed by atoms with Gasteiger partial charge in [0.05, 0.1) is 21.3 Å². The van der Waals surface area contributed by atoms with E-state index >= 15 is 0 Å². The third-order valence-corrected chi connectivity index (χ3v) is 8.85. The van der Waals surface area contributed by atoms with Crippen LogP contribution in [0.15, 0.2) is 36.4 Å². The Kier molecular flexibility index (Phi) is 13.8. The Morgan fingerprint density at radius 2 is 1.20 bits per heavy atom. The van der Waals surface area contributed by atoms with Crippen molar-refractivity contribution < 1.29 is 23.8 Å². The number of piperazine rings is 2. The van der Waals surface area contributed by atoms with E-state index in [0.717, 1.165) is 79.4 Å². The maximum absolute atomic E-state index is 12.8. The van der Waals surface area contributed by atoms with Crippen LogP contribution in [0.3, 0.4) is 0 Å². The first-order valence-electron chi connectivity index (χ1n) is 17.0. The predicted molar refractivity (Wildman–Crippen MR) is 192 cm³/mol. The number of hydrogen-bond donors (Lipinski definition) is 3. The lowest BCUT2D eigenvalue weighted by molar-refractivity contribution is 0.142. The Hall–Kier alpha value is -4.62. The van der Waals surface area contributed by atoms with Crippen molar-refractivity contribution in [3.05, 3.63) is 64.5 Å². The third kappa shape index (κ3) is 9.96. The molecule has 3 aromatic rings. The number of carbonyl (C=O) groups excluding carboxylic acids is 2. The van der Waals surface area contributed by atoms with Crippen LogP contribution in [-0.4, -0.2) is 110 Å². The zero-order valence-electron chi connectivity index (χ0n) is 30.0. The van der Waals surface area contributed by atoms with Gasteiger partial charge >= 0.3 is 12.1 Å². The number of ether oxygens (including phenoxy) is 3. The molecule has 3 N–H and O–H groups in total. The number of methoxy groups -OCH3 is 3. The van der Waals surface area contributed by atoms with Gasteiger partial charge in [0.25, 0.3) is 0 Å². The Morgan fingerprint density at radius 3 is 1.67 bits per heavy atom. The van der Waals surface area contributed by atoms with Gasteiger partial charge in [-0.05, 0) is 56.0 Å². The van der Waals surface area contributed by atoms with E-state index in [4.69, 9.17) is 14.2 Å². The molecule has 2 saturated heterocycles. The predicted octanol–water partition coefficient (Wildman–Crippen LogP) is 4.72. The van der Waals surface area contributed by atoms with E-state index in [9.17, 15) is 9.59 Å². The second kappa shape index (κ2) is 18.2. The van der Waals surface area contributed by atoms with Gasteiger partial charge in [0, 0.05) is 75.9 Å². The lowest BCUT2D eigenvalue weighted by Crippen LogP contribution is -2.49. The molecule has 0 bridgehead atoms. The van der Waals surface area contributed by atoms with E-state index < -0.39 is 0 Å². The van der Waals surface area contributed by atoms with Gasteiger partial charge in [-0.1, -0.05) is 32.0 Å². The first-order chi connectivity index (χ1) is 23.7. The van der Waals surface area contributed by atoms with Gasteiger partial charge in [0.2, 0.25) is 11.8 Å². The average Bonchev–Trinajstić information content (AvgIpc) is 3.13. The fourth-order valence-corrected chi connectivity index (χ4v) is 5.90. The van der Waals surface area contributed by atoms with Crippen LogP contribution >= 0.6 is 0 Å². The monoisotopic (exact) mass is 676 g/mol. The zero-order valence-corrected chi connectivity index (χ0v) is 30.0. The smallest absolute Gasteiger partial charge is 0.322 e. The molecular weight excluding hydrogens is 624 g/mol. The van der Waals surface area contributed by atoms with Gasteiger partial charge in [0.15, 0.2) is 0 Å². The standard InChI is InChI=1S/C22H30N4O3.C14H22N4O2/c1-5-17-14-19(21(29-4)23-16(17)2)24-22(27)26-12-10-25(11-13-26)15-18-8-6-7-9-20(18)28-3;1-4-11-9-12(13(20-3)16-10(11)2)17-14(19)18-7-5-15-6-8-18/h6-9,14H,5,10-13,15H2,1-4H3,(H,24,27);9,15H,4-8H2,1-3H3,(H,17,19). The van der Waals surface area contributed by atoms with Gasteiger partial charge in [0.1, 0.15) is 17.1 Å². The molecule has 0 unspecified atom stereocenters. The highest BCUT2D eigenvalue weighted by atomic mass is 16.5. The highest BCUT2D eigenvalue weighted by molar-refractivity contribution is 5.91. The Morgan fingerprint density at radius 1 is 0.714 bits per heavy atom. The molecular formula is C36H52N8O5. The first-order valence-corrected chi connectivity index (χ1v) is 17.0. The number of amides is 4. The number of carbonyl (C=O) groups is 2. The molecule has 2 aliphatic rings. The summed E-state index contributed by atoms with van der Waals surface area (Å²) < 4.78 is 16.1. The van der Waals surface area contributed by atoms with Crippen LogP contribution in [0.1, 0.15) is 41.9 Å². The average molecular weight is 677 g/mol. The van der Waals surface area contributed by atoms with Crippen LogP contribution in [0.2, 0.25) is 0 Å². The van der Waals surface area contributed by atoms with E-state index in [1.165, 1.54) is 0 Å². The van der Waals surface area contributed by atoms with E-state index in [1.54, 1.807) is 26.2 Å². The number of anilines is 2. The second-order valence-electron chi connectivity index (χ2n) is 12.0. The van der Waals surface area contributed by atoms with Crippen molar-refractivity contribution in [2.24, 2.45) is 0 Å². The van der Waals surface area contributed by atoms with E-state index in [1.807, 2.05) is 49.1 Å². The summed E-state index contributed by atoms with van der Waals surface area (Å²) in [6.07, 6.45) is 1.73. The number of aromatic nitrogens is 2. The van der Waals surface area contributed by atoms with Gasteiger partial charge in [-0.2, -0.15) is 0 Å². The van der Waals surface area contributed by atoms with Crippen molar-refractivity contribution in [2.75, 3.05) is 84.3 Å². The van der Waals surface area contributed by atoms with Crippen molar-refractivity contribution in [3.63, 3.8) is 0 Å². The molecule has 2 aromatic heterocycles. The number of nitrogens with zero attached hydrogens (tertiary/aromatic N) is 5. The third-order valence-electron chi connectivity index (χ3n) is 8.85. The van der Waals surface area contributed by atoms with Crippen LogP contribution in [0, 0.1) is 13.8 Å². The minimum absolute atomic E-state index is 0.0995. The molecule has 0 atom stereocenters. The summed E-state index contributed by atoms with van der Waals surface area (Å²) in [6.45, 7) is 14.9. The van der Waals surface area contributed by atoms with E-state index in [0.29, 0.717) is 49.3 Å². The number of aryl methyl sites for hydroxylation is 4. The largest absolute Gasteiger partial charge is 0.496 e. The quantitative estimate of drug-likeness (QED) is 0.295. The molecule has 2 aliphatic heterocycles. The lowest BCUT2D eigenvalue weighted by atomic mass is 10.1. The maximum Gasteiger partial charge on any atom is 0.322 e. The SMILES string of the molecule is CCc1cc(NC(=O)N2CCN(Cc3ccccc3OC)CC2)c(OC)nc1C.CCc1cc(NC(=O)N2CCNCC2)c(OC)nc1C. The molecule has 266 valence electrons. The Balaban J connectivity index is 0.000000237. The minimum Gasteiger partial charge on any atom is -0.496 e. The molecule has 0 spiro atoms.